The van der Waals surface area contributed by atoms with Crippen LogP contribution >= 0.6 is 0 Å². The van der Waals surface area contributed by atoms with E-state index in [9.17, 15) is 0 Å². The van der Waals surface area contributed by atoms with Crippen molar-refractivity contribution in [2.45, 2.75) is 102 Å². The Morgan fingerprint density at radius 3 is 1.60 bits per heavy atom. The third-order valence-corrected chi connectivity index (χ3v) is 18.2. The average Bonchev–Trinajstić information content (AvgIpc) is 4.26. The van der Waals surface area contributed by atoms with Gasteiger partial charge in [-0.1, -0.05) is 199 Å². The Hall–Kier alpha value is -8.67. The van der Waals surface area contributed by atoms with Gasteiger partial charge in [-0.25, -0.2) is 4.98 Å². The van der Waals surface area contributed by atoms with Crippen molar-refractivity contribution in [3.63, 3.8) is 0 Å². The van der Waals surface area contributed by atoms with E-state index in [0.717, 1.165) is 77.9 Å². The Labute approximate surface area is 478 Å². The maximum Gasteiger partial charge on any atom is 0.137 e. The van der Waals surface area contributed by atoms with Crippen LogP contribution in [0.5, 0.6) is 11.5 Å². The molecule has 0 fully saturated rings. The molecule has 0 amide bonds. The molecule has 0 bridgehead atoms. The minimum Gasteiger partial charge on any atom is -0.457 e. The average molecular weight is 1060 g/mol. The number of benzene rings is 9. The summed E-state index contributed by atoms with van der Waals surface area (Å²) in [5, 5.41) is 2.35. The highest BCUT2D eigenvalue weighted by molar-refractivity contribution is 6.09. The second-order valence-electron chi connectivity index (χ2n) is 25.0. The van der Waals surface area contributed by atoms with E-state index < -0.39 is 10.8 Å². The minimum absolute atomic E-state index is 0.0308. The summed E-state index contributed by atoms with van der Waals surface area (Å²) in [4.78, 5) is 10.2. The number of fused-ring (bicyclic) bond motifs is 6. The Balaban J connectivity index is 0.965. The van der Waals surface area contributed by atoms with Crippen LogP contribution in [0.4, 0.5) is 22.7 Å². The highest BCUT2D eigenvalue weighted by atomic mass is 16.5. The molecule has 1 aliphatic heterocycles. The van der Waals surface area contributed by atoms with Crippen molar-refractivity contribution >= 4 is 44.6 Å². The molecule has 400 valence electrons. The lowest BCUT2D eigenvalue weighted by Crippen LogP contribution is -2.39. The molecule has 2 unspecified atom stereocenters. The van der Waals surface area contributed by atoms with E-state index in [-0.39, 0.29) is 10.8 Å². The van der Waals surface area contributed by atoms with Gasteiger partial charge in [-0.3, -0.25) is 4.57 Å². The van der Waals surface area contributed by atoms with Crippen molar-refractivity contribution in [3.05, 3.63) is 286 Å². The van der Waals surface area contributed by atoms with E-state index in [4.69, 9.17) is 9.72 Å². The van der Waals surface area contributed by atoms with Crippen LogP contribution < -0.4 is 14.5 Å². The van der Waals surface area contributed by atoms with Crippen molar-refractivity contribution < 1.29 is 4.74 Å². The number of hydrogen-bond donors (Lipinski definition) is 0. The molecule has 0 saturated heterocycles. The van der Waals surface area contributed by atoms with Gasteiger partial charge in [0.15, 0.2) is 0 Å². The zero-order chi connectivity index (χ0) is 55.1. The molecular formula is C76H70N4O. The van der Waals surface area contributed by atoms with Crippen LogP contribution in [0.25, 0.3) is 27.6 Å². The first-order valence-electron chi connectivity index (χ1n) is 29.3. The number of anilines is 4. The normalized spacial score (nSPS) is 18.0. The van der Waals surface area contributed by atoms with Crippen LogP contribution in [0, 0.1) is 0 Å². The number of para-hydroxylation sites is 4. The first kappa shape index (κ1) is 50.5. The van der Waals surface area contributed by atoms with E-state index >= 15 is 0 Å². The Bertz CT molecular complexity index is 4060. The zero-order valence-corrected chi connectivity index (χ0v) is 47.6. The predicted octanol–water partition coefficient (Wildman–Crippen LogP) is 19.2. The molecule has 2 atom stereocenters. The SMILES string of the molecule is CC(C)(C)c1cc(Oc2ccc3c4ccccc4n(-c4cc(C(C)(C)C)ccn4)c3c2)cc(N2CN(c3c(C4(c5ccccc5)CCCc5ccccc54)cccc3C3(c4ccccc4)CCCc4ccccc43)c3ccccc32)c1. The number of rotatable bonds is 9. The van der Waals surface area contributed by atoms with Gasteiger partial charge in [0.25, 0.3) is 0 Å². The number of nitrogens with zero attached hydrogens (tertiary/aromatic N) is 4. The number of aromatic nitrogens is 2. The maximum atomic E-state index is 7.20. The van der Waals surface area contributed by atoms with Crippen molar-refractivity contribution in [1.29, 1.82) is 0 Å². The molecule has 3 heterocycles. The van der Waals surface area contributed by atoms with E-state index in [0.29, 0.717) is 6.67 Å². The summed E-state index contributed by atoms with van der Waals surface area (Å²) in [5.74, 6) is 2.47. The van der Waals surface area contributed by atoms with Gasteiger partial charge in [-0.15, -0.1) is 0 Å². The fraction of sp³-hybridized carbons (Fsp3) is 0.224. The second-order valence-corrected chi connectivity index (χ2v) is 25.0. The van der Waals surface area contributed by atoms with Crippen LogP contribution in [0.15, 0.2) is 231 Å². The molecule has 0 saturated carbocycles. The van der Waals surface area contributed by atoms with Crippen molar-refractivity contribution in [1.82, 2.24) is 9.55 Å². The molecule has 14 rings (SSSR count). The molecule has 3 aliphatic rings. The van der Waals surface area contributed by atoms with Crippen LogP contribution in [0.1, 0.15) is 123 Å². The molecule has 0 spiro atoms. The van der Waals surface area contributed by atoms with Crippen LogP contribution in [-0.2, 0) is 34.5 Å². The molecule has 11 aromatic rings. The lowest BCUT2D eigenvalue weighted by atomic mass is 9.58. The van der Waals surface area contributed by atoms with E-state index in [1.165, 1.54) is 78.1 Å². The van der Waals surface area contributed by atoms with E-state index in [2.05, 4.69) is 280 Å². The first-order chi connectivity index (χ1) is 39.4. The molecule has 0 N–H and O–H groups in total. The summed E-state index contributed by atoms with van der Waals surface area (Å²) in [6, 6.07) is 84.5. The van der Waals surface area contributed by atoms with Gasteiger partial charge in [0.2, 0.25) is 0 Å². The maximum absolute atomic E-state index is 7.20. The second kappa shape index (κ2) is 19.6. The predicted molar refractivity (Wildman–Crippen MR) is 336 cm³/mol. The van der Waals surface area contributed by atoms with Crippen molar-refractivity contribution in [3.8, 4) is 17.3 Å². The molecule has 0 radical (unpaired) electrons. The summed E-state index contributed by atoms with van der Waals surface area (Å²) in [5.41, 5.74) is 19.4. The molecule has 5 nitrogen and oxygen atoms in total. The van der Waals surface area contributed by atoms with Gasteiger partial charge in [-0.05, 0) is 160 Å². The summed E-state index contributed by atoms with van der Waals surface area (Å²) >= 11 is 0. The van der Waals surface area contributed by atoms with Crippen molar-refractivity contribution in [2.75, 3.05) is 16.5 Å². The van der Waals surface area contributed by atoms with E-state index in [1.54, 1.807) is 0 Å². The number of hydrogen-bond acceptors (Lipinski definition) is 4. The lowest BCUT2D eigenvalue weighted by Gasteiger charge is -2.47. The smallest absolute Gasteiger partial charge is 0.137 e. The Morgan fingerprint density at radius 2 is 0.975 bits per heavy atom. The molecule has 2 aromatic heterocycles. The number of ether oxygens (including phenoxy) is 1. The van der Waals surface area contributed by atoms with E-state index in [1.807, 2.05) is 6.20 Å². The largest absolute Gasteiger partial charge is 0.457 e. The Kier molecular flexibility index (Phi) is 12.2. The Morgan fingerprint density at radius 1 is 0.432 bits per heavy atom. The third kappa shape index (κ3) is 8.38. The standard InChI is InChI=1S/C76H70N4O/c1-73(2,3)56-42-45-77-71(48-56)80-67-37-18-15-32-61(67)62-41-40-59(50-70(62)80)81-60-47-57(74(4,5)6)46-58(49-60)78-51-79(69-39-20-19-38-68(69)78)72-65(75(54-28-9-7-10-29-54)43-22-26-52-24-13-16-33-63(52)75)35-21-36-66(72)76(55-30-11-8-12-31-55)44-23-27-53-25-14-17-34-64(53)76/h7-21,24-25,28-42,45-50H,22-23,26-27,43-44,51H2,1-6H3. The molecule has 9 aromatic carbocycles. The molecule has 5 heteroatoms. The summed E-state index contributed by atoms with van der Waals surface area (Å²) < 4.78 is 9.50. The topological polar surface area (TPSA) is 33.5 Å². The third-order valence-electron chi connectivity index (χ3n) is 18.2. The quantitative estimate of drug-likeness (QED) is 0.144. The molecule has 2 aliphatic carbocycles. The molecule has 81 heavy (non-hydrogen) atoms. The van der Waals surface area contributed by atoms with Gasteiger partial charge in [0.05, 0.1) is 28.1 Å². The number of aryl methyl sites for hydroxylation is 2. The molecular weight excluding hydrogens is 985 g/mol. The van der Waals surface area contributed by atoms with Gasteiger partial charge in [0, 0.05) is 45.6 Å². The fourth-order valence-corrected chi connectivity index (χ4v) is 14.4. The zero-order valence-electron chi connectivity index (χ0n) is 47.6. The number of pyridine rings is 1. The summed E-state index contributed by atoms with van der Waals surface area (Å²) in [6.45, 7) is 14.3. The van der Waals surface area contributed by atoms with Gasteiger partial charge >= 0.3 is 0 Å². The highest BCUT2D eigenvalue weighted by Gasteiger charge is 2.48. The van der Waals surface area contributed by atoms with Gasteiger partial charge in [0.1, 0.15) is 24.0 Å². The van der Waals surface area contributed by atoms with Crippen LogP contribution in [0.2, 0.25) is 0 Å². The highest BCUT2D eigenvalue weighted by Crippen LogP contribution is 2.59. The first-order valence-corrected chi connectivity index (χ1v) is 29.3. The van der Waals surface area contributed by atoms with Crippen LogP contribution in [-0.4, -0.2) is 16.2 Å². The fourth-order valence-electron chi connectivity index (χ4n) is 14.4. The monoisotopic (exact) mass is 1050 g/mol. The van der Waals surface area contributed by atoms with Crippen LogP contribution in [0.3, 0.4) is 0 Å². The van der Waals surface area contributed by atoms with Crippen molar-refractivity contribution in [2.24, 2.45) is 0 Å². The lowest BCUT2D eigenvalue weighted by molar-refractivity contribution is 0.479. The summed E-state index contributed by atoms with van der Waals surface area (Å²) in [6.07, 6.45) is 8.25. The van der Waals surface area contributed by atoms with Gasteiger partial charge < -0.3 is 14.5 Å². The summed E-state index contributed by atoms with van der Waals surface area (Å²) in [7, 11) is 0. The van der Waals surface area contributed by atoms with Gasteiger partial charge in [-0.2, -0.15) is 0 Å². The minimum atomic E-state index is -0.429.